The maximum atomic E-state index is 13.2. The summed E-state index contributed by atoms with van der Waals surface area (Å²) in [6.45, 7) is 6.51. The Kier molecular flexibility index (Phi) is 12.7. The SMILES string of the molecule is CC(C)C(=O)OCc1ccc(NC(=O)[C@H](CCCNC(N)=O)NC(=O)C(NC(=O)CN2C(=O)C=CC2=O)C(C)C)cc1. The zero-order valence-electron chi connectivity index (χ0n) is 24.1. The Balaban J connectivity index is 2.07. The molecule has 14 heteroatoms. The number of rotatable bonds is 15. The van der Waals surface area contributed by atoms with Gasteiger partial charge in [0.2, 0.25) is 17.7 Å². The van der Waals surface area contributed by atoms with Crippen LogP contribution in [0.4, 0.5) is 10.5 Å². The molecule has 0 bridgehead atoms. The summed E-state index contributed by atoms with van der Waals surface area (Å²) >= 11 is 0. The van der Waals surface area contributed by atoms with E-state index in [9.17, 15) is 33.6 Å². The molecule has 1 aromatic carbocycles. The summed E-state index contributed by atoms with van der Waals surface area (Å²) in [5.41, 5.74) is 6.24. The van der Waals surface area contributed by atoms with Gasteiger partial charge in [0.1, 0.15) is 25.2 Å². The van der Waals surface area contributed by atoms with E-state index in [1.54, 1.807) is 52.0 Å². The third-order valence-corrected chi connectivity index (χ3v) is 6.14. The molecule has 1 aliphatic rings. The van der Waals surface area contributed by atoms with E-state index in [-0.39, 0.29) is 31.5 Å². The van der Waals surface area contributed by atoms with Crippen LogP contribution in [0.15, 0.2) is 36.4 Å². The van der Waals surface area contributed by atoms with Crippen molar-refractivity contribution in [1.82, 2.24) is 20.9 Å². The van der Waals surface area contributed by atoms with Crippen molar-refractivity contribution in [3.63, 3.8) is 0 Å². The molecule has 0 fully saturated rings. The lowest BCUT2D eigenvalue weighted by Gasteiger charge is -2.26. The number of primary amides is 1. The van der Waals surface area contributed by atoms with Gasteiger partial charge in [0.05, 0.1) is 5.92 Å². The Morgan fingerprint density at radius 2 is 1.52 bits per heavy atom. The number of hydrogen-bond donors (Lipinski definition) is 5. The van der Waals surface area contributed by atoms with E-state index in [1.165, 1.54) is 0 Å². The number of benzene rings is 1. The third-order valence-electron chi connectivity index (χ3n) is 6.14. The van der Waals surface area contributed by atoms with E-state index in [0.717, 1.165) is 17.1 Å². The van der Waals surface area contributed by atoms with Gasteiger partial charge in [-0.3, -0.25) is 33.7 Å². The van der Waals surface area contributed by atoms with Crippen LogP contribution in [-0.2, 0) is 40.1 Å². The van der Waals surface area contributed by atoms with Crippen molar-refractivity contribution >= 4 is 47.2 Å². The van der Waals surface area contributed by atoms with Gasteiger partial charge in [0.25, 0.3) is 11.8 Å². The van der Waals surface area contributed by atoms with Gasteiger partial charge >= 0.3 is 12.0 Å². The van der Waals surface area contributed by atoms with Gasteiger partial charge in [-0.15, -0.1) is 0 Å². The number of nitrogens with two attached hydrogens (primary N) is 1. The second kappa shape index (κ2) is 15.9. The molecule has 0 saturated heterocycles. The van der Waals surface area contributed by atoms with E-state index in [4.69, 9.17) is 10.5 Å². The molecule has 6 N–H and O–H groups in total. The van der Waals surface area contributed by atoms with Crippen LogP contribution >= 0.6 is 0 Å². The molecule has 7 amide bonds. The first-order valence-corrected chi connectivity index (χ1v) is 13.5. The highest BCUT2D eigenvalue weighted by atomic mass is 16.5. The Hall–Kier alpha value is -4.75. The lowest BCUT2D eigenvalue weighted by atomic mass is 10.0. The highest BCUT2D eigenvalue weighted by Gasteiger charge is 2.31. The molecule has 0 aliphatic carbocycles. The van der Waals surface area contributed by atoms with Crippen molar-refractivity contribution in [3.8, 4) is 0 Å². The highest BCUT2D eigenvalue weighted by Crippen LogP contribution is 2.13. The molecular weight excluding hydrogens is 548 g/mol. The lowest BCUT2D eigenvalue weighted by Crippen LogP contribution is -2.56. The van der Waals surface area contributed by atoms with Crippen LogP contribution < -0.4 is 27.0 Å². The van der Waals surface area contributed by atoms with Crippen LogP contribution in [0.3, 0.4) is 0 Å². The van der Waals surface area contributed by atoms with Crippen LogP contribution in [0.25, 0.3) is 0 Å². The molecule has 1 aromatic rings. The average molecular weight is 587 g/mol. The minimum absolute atomic E-state index is 0.0791. The van der Waals surface area contributed by atoms with Crippen molar-refractivity contribution in [1.29, 1.82) is 0 Å². The Morgan fingerprint density at radius 1 is 0.905 bits per heavy atom. The Labute approximate surface area is 243 Å². The smallest absolute Gasteiger partial charge is 0.312 e. The monoisotopic (exact) mass is 586 g/mol. The number of nitrogens with zero attached hydrogens (tertiary/aromatic N) is 1. The molecular formula is C28H38N6O8. The van der Waals surface area contributed by atoms with Crippen molar-refractivity contribution < 1.29 is 38.3 Å². The summed E-state index contributed by atoms with van der Waals surface area (Å²) in [5, 5.41) is 10.3. The van der Waals surface area contributed by atoms with Crippen molar-refractivity contribution in [2.45, 2.75) is 59.2 Å². The first-order chi connectivity index (χ1) is 19.8. The molecule has 1 heterocycles. The largest absolute Gasteiger partial charge is 0.461 e. The number of carbonyl (C=O) groups excluding carboxylic acids is 7. The number of ether oxygens (including phenoxy) is 1. The summed E-state index contributed by atoms with van der Waals surface area (Å²) in [7, 11) is 0. The summed E-state index contributed by atoms with van der Waals surface area (Å²) in [6, 6.07) is 3.75. The van der Waals surface area contributed by atoms with E-state index in [1.807, 2.05) is 0 Å². The fraction of sp³-hybridized carbons (Fsp3) is 0.464. The van der Waals surface area contributed by atoms with Gasteiger partial charge in [0.15, 0.2) is 0 Å². The van der Waals surface area contributed by atoms with Gasteiger partial charge in [0, 0.05) is 24.4 Å². The fourth-order valence-electron chi connectivity index (χ4n) is 3.77. The summed E-state index contributed by atoms with van der Waals surface area (Å²) in [4.78, 5) is 86.0. The number of hydrogen-bond acceptors (Lipinski definition) is 8. The van der Waals surface area contributed by atoms with Gasteiger partial charge in [-0.05, 0) is 36.5 Å². The zero-order valence-corrected chi connectivity index (χ0v) is 24.1. The number of anilines is 1. The van der Waals surface area contributed by atoms with Gasteiger partial charge in [-0.2, -0.15) is 0 Å². The number of carbonyl (C=O) groups is 7. The van der Waals surface area contributed by atoms with Crippen LogP contribution in [0, 0.1) is 11.8 Å². The minimum Gasteiger partial charge on any atom is -0.461 e. The van der Waals surface area contributed by atoms with Gasteiger partial charge in [-0.1, -0.05) is 39.8 Å². The molecule has 0 aromatic heterocycles. The van der Waals surface area contributed by atoms with Crippen LogP contribution in [0.2, 0.25) is 0 Å². The number of urea groups is 1. The topological polar surface area (TPSA) is 206 Å². The van der Waals surface area contributed by atoms with E-state index < -0.39 is 60.1 Å². The summed E-state index contributed by atoms with van der Waals surface area (Å²) in [5.74, 6) is -4.18. The molecule has 0 spiro atoms. The average Bonchev–Trinajstić information content (AvgIpc) is 3.24. The number of amides is 7. The number of imide groups is 1. The van der Waals surface area contributed by atoms with Crippen LogP contribution in [0.5, 0.6) is 0 Å². The van der Waals surface area contributed by atoms with Gasteiger partial charge in [-0.25, -0.2) is 4.79 Å². The molecule has 1 aliphatic heterocycles. The highest BCUT2D eigenvalue weighted by molar-refractivity contribution is 6.14. The predicted octanol–water partition coefficient (Wildman–Crippen LogP) is 0.323. The number of esters is 1. The van der Waals surface area contributed by atoms with Crippen LogP contribution in [-0.4, -0.2) is 71.6 Å². The summed E-state index contributed by atoms with van der Waals surface area (Å²) in [6.07, 6.45) is 2.52. The molecule has 1 unspecified atom stereocenters. The van der Waals surface area contributed by atoms with E-state index >= 15 is 0 Å². The van der Waals surface area contributed by atoms with E-state index in [0.29, 0.717) is 17.7 Å². The molecule has 0 radical (unpaired) electrons. The normalized spacial score (nSPS) is 14.0. The quantitative estimate of drug-likeness (QED) is 0.110. The zero-order chi connectivity index (χ0) is 31.4. The second-order valence-electron chi connectivity index (χ2n) is 10.3. The van der Waals surface area contributed by atoms with Crippen molar-refractivity contribution in [2.24, 2.45) is 17.6 Å². The maximum absolute atomic E-state index is 13.2. The lowest BCUT2D eigenvalue weighted by molar-refractivity contribution is -0.148. The Morgan fingerprint density at radius 3 is 2.07 bits per heavy atom. The molecule has 228 valence electrons. The summed E-state index contributed by atoms with van der Waals surface area (Å²) < 4.78 is 5.20. The minimum atomic E-state index is -1.08. The predicted molar refractivity (Wildman–Crippen MR) is 151 cm³/mol. The van der Waals surface area contributed by atoms with Crippen molar-refractivity contribution in [2.75, 3.05) is 18.4 Å². The molecule has 2 rings (SSSR count). The molecule has 2 atom stereocenters. The second-order valence-corrected chi connectivity index (χ2v) is 10.3. The first kappa shape index (κ1) is 33.5. The van der Waals surface area contributed by atoms with Gasteiger partial charge < -0.3 is 31.7 Å². The maximum Gasteiger partial charge on any atom is 0.312 e. The fourth-order valence-corrected chi connectivity index (χ4v) is 3.77. The number of nitrogens with one attached hydrogen (secondary N) is 4. The first-order valence-electron chi connectivity index (χ1n) is 13.5. The Bertz CT molecular complexity index is 1190. The van der Waals surface area contributed by atoms with E-state index in [2.05, 4.69) is 21.3 Å². The molecule has 14 nitrogen and oxygen atoms in total. The molecule has 42 heavy (non-hydrogen) atoms. The third kappa shape index (κ3) is 10.7. The standard InChI is InChI=1S/C28H38N6O8/c1-16(2)24(33-21(35)14-34-22(36)11-12-23(34)37)26(39)32-20(6-5-13-30-28(29)41)25(38)31-19-9-7-18(8-10-19)15-42-27(40)17(3)4/h7-12,16-17,20,24H,5-6,13-15H2,1-4H3,(H,31,38)(H,32,39)(H,33,35)(H3,29,30,41)/t20-,24?/m0/s1. The van der Waals surface area contributed by atoms with Crippen molar-refractivity contribution in [3.05, 3.63) is 42.0 Å². The van der Waals surface area contributed by atoms with Crippen LogP contribution in [0.1, 0.15) is 46.1 Å². The molecule has 0 saturated carbocycles.